The molecular weight excluding hydrogens is 332 g/mol. The number of hydrogen-bond donors (Lipinski definition) is 2. The SMILES string of the molecule is CC(C)(C)c1cc(CS(=O)(=O)NCc2ccc(C(=O)O)cc2)no1. The zero-order valence-electron chi connectivity index (χ0n) is 13.7. The summed E-state index contributed by atoms with van der Waals surface area (Å²) < 4.78 is 31.9. The summed E-state index contributed by atoms with van der Waals surface area (Å²) in [7, 11) is -3.58. The minimum absolute atomic E-state index is 0.0756. The highest BCUT2D eigenvalue weighted by atomic mass is 32.2. The van der Waals surface area contributed by atoms with Gasteiger partial charge in [0.15, 0.2) is 0 Å². The third-order valence-corrected chi connectivity index (χ3v) is 4.59. The Morgan fingerprint density at radius 3 is 2.38 bits per heavy atom. The Morgan fingerprint density at radius 1 is 1.25 bits per heavy atom. The summed E-state index contributed by atoms with van der Waals surface area (Å²) in [5, 5.41) is 12.6. The molecule has 0 aliphatic carbocycles. The Kier molecular flexibility index (Phi) is 5.10. The molecule has 130 valence electrons. The number of sulfonamides is 1. The summed E-state index contributed by atoms with van der Waals surface area (Å²) in [4.78, 5) is 10.8. The lowest BCUT2D eigenvalue weighted by atomic mass is 9.93. The molecule has 0 radical (unpaired) electrons. The molecule has 0 bridgehead atoms. The average molecular weight is 352 g/mol. The van der Waals surface area contributed by atoms with Gasteiger partial charge in [-0.15, -0.1) is 0 Å². The van der Waals surface area contributed by atoms with E-state index < -0.39 is 16.0 Å². The Bertz CT molecular complexity index is 817. The lowest BCUT2D eigenvalue weighted by Crippen LogP contribution is -2.24. The summed E-state index contributed by atoms with van der Waals surface area (Å²) in [5.41, 5.74) is 0.917. The van der Waals surface area contributed by atoms with Crippen LogP contribution in [-0.2, 0) is 27.7 Å². The minimum Gasteiger partial charge on any atom is -0.478 e. The van der Waals surface area contributed by atoms with Crippen LogP contribution in [0.2, 0.25) is 0 Å². The van der Waals surface area contributed by atoms with Crippen molar-refractivity contribution in [3.8, 4) is 0 Å². The number of rotatable bonds is 6. The van der Waals surface area contributed by atoms with Crippen molar-refractivity contribution in [3.05, 3.63) is 52.9 Å². The van der Waals surface area contributed by atoms with Crippen LogP contribution in [0.5, 0.6) is 0 Å². The number of benzene rings is 1. The molecule has 1 heterocycles. The van der Waals surface area contributed by atoms with Crippen molar-refractivity contribution >= 4 is 16.0 Å². The first-order chi connectivity index (χ1) is 11.1. The van der Waals surface area contributed by atoms with Crippen LogP contribution >= 0.6 is 0 Å². The van der Waals surface area contributed by atoms with Crippen LogP contribution in [0.25, 0.3) is 0 Å². The highest BCUT2D eigenvalue weighted by Crippen LogP contribution is 2.23. The fourth-order valence-corrected chi connectivity index (χ4v) is 2.95. The fourth-order valence-electron chi connectivity index (χ4n) is 1.94. The molecule has 0 aliphatic rings. The summed E-state index contributed by atoms with van der Waals surface area (Å²) in [6.07, 6.45) is 0. The van der Waals surface area contributed by atoms with Crippen LogP contribution in [0, 0.1) is 0 Å². The minimum atomic E-state index is -3.58. The van der Waals surface area contributed by atoms with E-state index in [0.717, 1.165) is 0 Å². The number of aromatic carboxylic acids is 1. The second-order valence-electron chi connectivity index (χ2n) is 6.51. The Morgan fingerprint density at radius 2 is 1.88 bits per heavy atom. The van der Waals surface area contributed by atoms with Gasteiger partial charge in [0, 0.05) is 18.0 Å². The van der Waals surface area contributed by atoms with Gasteiger partial charge in [-0.2, -0.15) is 0 Å². The van der Waals surface area contributed by atoms with E-state index in [-0.39, 0.29) is 23.3 Å². The van der Waals surface area contributed by atoms with E-state index in [1.165, 1.54) is 12.1 Å². The van der Waals surface area contributed by atoms with Crippen LogP contribution < -0.4 is 4.72 Å². The predicted octanol–water partition coefficient (Wildman–Crippen LogP) is 2.29. The molecule has 0 saturated carbocycles. The normalized spacial score (nSPS) is 12.3. The van der Waals surface area contributed by atoms with Crippen molar-refractivity contribution in [2.45, 2.75) is 38.5 Å². The van der Waals surface area contributed by atoms with Crippen LogP contribution in [0.4, 0.5) is 0 Å². The molecule has 24 heavy (non-hydrogen) atoms. The van der Waals surface area contributed by atoms with Gasteiger partial charge in [0.1, 0.15) is 17.2 Å². The zero-order chi connectivity index (χ0) is 18.0. The molecule has 2 rings (SSSR count). The third-order valence-electron chi connectivity index (χ3n) is 3.33. The van der Waals surface area contributed by atoms with E-state index in [1.807, 2.05) is 20.8 Å². The van der Waals surface area contributed by atoms with E-state index in [1.54, 1.807) is 18.2 Å². The number of nitrogens with one attached hydrogen (secondary N) is 1. The maximum Gasteiger partial charge on any atom is 0.335 e. The van der Waals surface area contributed by atoms with Crippen LogP contribution in [0.1, 0.15) is 48.1 Å². The van der Waals surface area contributed by atoms with Crippen LogP contribution in [-0.4, -0.2) is 24.7 Å². The standard InChI is InChI=1S/C16H20N2O5S/c1-16(2,3)14-8-13(18-23-14)10-24(21,22)17-9-11-4-6-12(7-5-11)15(19)20/h4-8,17H,9-10H2,1-3H3,(H,19,20). The number of hydrogen-bond acceptors (Lipinski definition) is 5. The molecular formula is C16H20N2O5S. The molecule has 0 atom stereocenters. The summed E-state index contributed by atoms with van der Waals surface area (Å²) in [6.45, 7) is 5.92. The molecule has 7 nitrogen and oxygen atoms in total. The van der Waals surface area contributed by atoms with Crippen molar-refractivity contribution in [2.24, 2.45) is 0 Å². The second kappa shape index (κ2) is 6.74. The molecule has 0 spiro atoms. The summed E-state index contributed by atoms with van der Waals surface area (Å²) >= 11 is 0. The molecule has 8 heteroatoms. The van der Waals surface area contributed by atoms with E-state index in [0.29, 0.717) is 17.0 Å². The number of aromatic nitrogens is 1. The van der Waals surface area contributed by atoms with Gasteiger partial charge in [-0.3, -0.25) is 0 Å². The number of carboxylic acids is 1. The van der Waals surface area contributed by atoms with Gasteiger partial charge < -0.3 is 9.63 Å². The highest BCUT2D eigenvalue weighted by molar-refractivity contribution is 7.88. The lowest BCUT2D eigenvalue weighted by Gasteiger charge is -2.12. The largest absolute Gasteiger partial charge is 0.478 e. The van der Waals surface area contributed by atoms with Gasteiger partial charge >= 0.3 is 5.97 Å². The van der Waals surface area contributed by atoms with Crippen molar-refractivity contribution < 1.29 is 22.8 Å². The first-order valence-electron chi connectivity index (χ1n) is 7.32. The van der Waals surface area contributed by atoms with Crippen molar-refractivity contribution in [3.63, 3.8) is 0 Å². The second-order valence-corrected chi connectivity index (χ2v) is 8.32. The van der Waals surface area contributed by atoms with Gasteiger partial charge in [-0.05, 0) is 17.7 Å². The zero-order valence-corrected chi connectivity index (χ0v) is 14.6. The molecule has 0 aliphatic heterocycles. The molecule has 2 N–H and O–H groups in total. The first kappa shape index (κ1) is 18.2. The molecule has 1 aromatic heterocycles. The van der Waals surface area contributed by atoms with Gasteiger partial charge in [-0.25, -0.2) is 17.9 Å². The molecule has 0 saturated heterocycles. The Hall–Kier alpha value is -2.19. The fraction of sp³-hybridized carbons (Fsp3) is 0.375. The summed E-state index contributed by atoms with van der Waals surface area (Å²) in [5.74, 6) is -0.681. The van der Waals surface area contributed by atoms with Crippen LogP contribution in [0.3, 0.4) is 0 Å². The number of nitrogens with zero attached hydrogens (tertiary/aromatic N) is 1. The maximum absolute atomic E-state index is 12.1. The smallest absolute Gasteiger partial charge is 0.335 e. The highest BCUT2D eigenvalue weighted by Gasteiger charge is 2.22. The number of carboxylic acid groups (broad SMARTS) is 1. The maximum atomic E-state index is 12.1. The van der Waals surface area contributed by atoms with Gasteiger partial charge in [0.2, 0.25) is 10.0 Å². The van der Waals surface area contributed by atoms with E-state index >= 15 is 0 Å². The molecule has 1 aromatic carbocycles. The third kappa shape index (κ3) is 4.90. The molecule has 0 amide bonds. The van der Waals surface area contributed by atoms with E-state index in [2.05, 4.69) is 9.88 Å². The van der Waals surface area contributed by atoms with E-state index in [4.69, 9.17) is 9.63 Å². The van der Waals surface area contributed by atoms with Gasteiger partial charge in [-0.1, -0.05) is 38.1 Å². The van der Waals surface area contributed by atoms with Gasteiger partial charge in [0.25, 0.3) is 0 Å². The van der Waals surface area contributed by atoms with Gasteiger partial charge in [0.05, 0.1) is 5.56 Å². The van der Waals surface area contributed by atoms with Crippen molar-refractivity contribution in [1.82, 2.24) is 9.88 Å². The van der Waals surface area contributed by atoms with Crippen molar-refractivity contribution in [1.29, 1.82) is 0 Å². The van der Waals surface area contributed by atoms with E-state index in [9.17, 15) is 13.2 Å². The molecule has 0 fully saturated rings. The first-order valence-corrected chi connectivity index (χ1v) is 8.98. The summed E-state index contributed by atoms with van der Waals surface area (Å²) in [6, 6.07) is 7.64. The Balaban J connectivity index is 1.98. The predicted molar refractivity (Wildman–Crippen MR) is 88.1 cm³/mol. The van der Waals surface area contributed by atoms with Crippen molar-refractivity contribution in [2.75, 3.05) is 0 Å². The Labute approximate surface area is 140 Å². The topological polar surface area (TPSA) is 110 Å². The molecule has 0 unspecified atom stereocenters. The monoisotopic (exact) mass is 352 g/mol. The molecule has 2 aromatic rings. The quantitative estimate of drug-likeness (QED) is 0.825. The van der Waals surface area contributed by atoms with Crippen LogP contribution in [0.15, 0.2) is 34.9 Å². The lowest BCUT2D eigenvalue weighted by molar-refractivity contribution is 0.0697. The average Bonchev–Trinajstić information content (AvgIpc) is 2.93. The number of carbonyl (C=O) groups is 1.